The van der Waals surface area contributed by atoms with Crippen molar-refractivity contribution in [1.82, 2.24) is 15.1 Å². The van der Waals surface area contributed by atoms with Crippen LogP contribution in [0, 0.1) is 5.92 Å². The lowest BCUT2D eigenvalue weighted by Gasteiger charge is -2.26. The van der Waals surface area contributed by atoms with Crippen molar-refractivity contribution in [3.63, 3.8) is 0 Å². The van der Waals surface area contributed by atoms with Gasteiger partial charge in [-0.1, -0.05) is 0 Å². The van der Waals surface area contributed by atoms with Crippen LogP contribution in [0.2, 0.25) is 0 Å². The highest BCUT2D eigenvalue weighted by Crippen LogP contribution is 2.30. The third kappa shape index (κ3) is 2.19. The Hall–Kier alpha value is -0.870. The molecule has 0 amide bonds. The SMILES string of the molecule is CC1OCCC1CNC1CCCc2c1cnn2C. The molecule has 1 N–H and O–H groups in total. The van der Waals surface area contributed by atoms with Gasteiger partial charge in [-0.25, -0.2) is 0 Å². The third-order valence-corrected chi connectivity index (χ3v) is 4.54. The highest BCUT2D eigenvalue weighted by Gasteiger charge is 2.27. The maximum absolute atomic E-state index is 5.62. The summed E-state index contributed by atoms with van der Waals surface area (Å²) in [6.45, 7) is 4.19. The van der Waals surface area contributed by atoms with E-state index in [0.29, 0.717) is 18.1 Å². The summed E-state index contributed by atoms with van der Waals surface area (Å²) in [4.78, 5) is 0. The molecule has 100 valence electrons. The van der Waals surface area contributed by atoms with Crippen LogP contribution in [0.25, 0.3) is 0 Å². The van der Waals surface area contributed by atoms with E-state index in [9.17, 15) is 0 Å². The molecule has 1 fully saturated rings. The van der Waals surface area contributed by atoms with E-state index in [0.717, 1.165) is 13.2 Å². The van der Waals surface area contributed by atoms with Gasteiger partial charge in [0.2, 0.25) is 0 Å². The van der Waals surface area contributed by atoms with E-state index in [4.69, 9.17) is 4.74 Å². The molecule has 1 aliphatic carbocycles. The maximum Gasteiger partial charge on any atom is 0.0588 e. The Balaban J connectivity index is 1.64. The van der Waals surface area contributed by atoms with Gasteiger partial charge < -0.3 is 10.1 Å². The first-order valence-electron chi connectivity index (χ1n) is 7.11. The van der Waals surface area contributed by atoms with Crippen LogP contribution in [0.5, 0.6) is 0 Å². The molecule has 0 saturated carbocycles. The van der Waals surface area contributed by atoms with Gasteiger partial charge in [0.05, 0.1) is 12.3 Å². The Bertz CT molecular complexity index is 415. The van der Waals surface area contributed by atoms with Crippen LogP contribution in [0.1, 0.15) is 43.5 Å². The molecule has 0 radical (unpaired) electrons. The largest absolute Gasteiger partial charge is 0.378 e. The molecular weight excluding hydrogens is 226 g/mol. The van der Waals surface area contributed by atoms with E-state index in [1.54, 1.807) is 0 Å². The number of rotatable bonds is 3. The normalized spacial score (nSPS) is 31.6. The third-order valence-electron chi connectivity index (χ3n) is 4.54. The summed E-state index contributed by atoms with van der Waals surface area (Å²) in [5.41, 5.74) is 2.82. The fourth-order valence-electron chi connectivity index (χ4n) is 3.26. The topological polar surface area (TPSA) is 39.1 Å². The zero-order valence-electron chi connectivity index (χ0n) is 11.4. The number of hydrogen-bond acceptors (Lipinski definition) is 3. The predicted molar refractivity (Wildman–Crippen MR) is 70.4 cm³/mol. The number of hydrogen-bond donors (Lipinski definition) is 1. The van der Waals surface area contributed by atoms with E-state index >= 15 is 0 Å². The summed E-state index contributed by atoms with van der Waals surface area (Å²) in [6.07, 6.45) is 7.32. The summed E-state index contributed by atoms with van der Waals surface area (Å²) in [5, 5.41) is 8.13. The monoisotopic (exact) mass is 249 g/mol. The highest BCUT2D eigenvalue weighted by atomic mass is 16.5. The molecule has 1 saturated heterocycles. The van der Waals surface area contributed by atoms with Crippen molar-refractivity contribution in [2.24, 2.45) is 13.0 Å². The molecule has 3 rings (SSSR count). The first kappa shape index (κ1) is 12.2. The number of nitrogens with zero attached hydrogens (tertiary/aromatic N) is 2. The molecule has 2 heterocycles. The number of aromatic nitrogens is 2. The minimum absolute atomic E-state index is 0.412. The smallest absolute Gasteiger partial charge is 0.0588 e. The molecule has 1 aliphatic heterocycles. The van der Waals surface area contributed by atoms with Gasteiger partial charge in [-0.05, 0) is 38.5 Å². The van der Waals surface area contributed by atoms with Gasteiger partial charge in [0.25, 0.3) is 0 Å². The Kier molecular flexibility index (Phi) is 3.39. The molecular formula is C14H23N3O. The quantitative estimate of drug-likeness (QED) is 0.888. The first-order chi connectivity index (χ1) is 8.75. The predicted octanol–water partition coefficient (Wildman–Crippen LogP) is 1.81. The van der Waals surface area contributed by atoms with Gasteiger partial charge in [-0.3, -0.25) is 4.68 Å². The average Bonchev–Trinajstić information content (AvgIpc) is 2.95. The van der Waals surface area contributed by atoms with Crippen LogP contribution in [-0.4, -0.2) is 29.0 Å². The van der Waals surface area contributed by atoms with Gasteiger partial charge in [0.1, 0.15) is 0 Å². The van der Waals surface area contributed by atoms with Crippen LogP contribution in [0.3, 0.4) is 0 Å². The lowest BCUT2D eigenvalue weighted by atomic mass is 9.92. The van der Waals surface area contributed by atoms with E-state index in [-0.39, 0.29) is 0 Å². The van der Waals surface area contributed by atoms with Crippen LogP contribution >= 0.6 is 0 Å². The molecule has 3 unspecified atom stereocenters. The molecule has 4 nitrogen and oxygen atoms in total. The summed E-state index contributed by atoms with van der Waals surface area (Å²) in [5.74, 6) is 0.673. The van der Waals surface area contributed by atoms with E-state index in [2.05, 4.69) is 17.3 Å². The number of aryl methyl sites for hydroxylation is 1. The van der Waals surface area contributed by atoms with Crippen LogP contribution < -0.4 is 5.32 Å². The average molecular weight is 249 g/mol. The minimum atomic E-state index is 0.412. The van der Waals surface area contributed by atoms with Crippen LogP contribution in [0.4, 0.5) is 0 Å². The van der Waals surface area contributed by atoms with Gasteiger partial charge in [-0.2, -0.15) is 5.10 Å². The van der Waals surface area contributed by atoms with Crippen molar-refractivity contribution in [2.75, 3.05) is 13.2 Å². The van der Waals surface area contributed by atoms with E-state index in [1.807, 2.05) is 17.9 Å². The Morgan fingerprint density at radius 1 is 1.50 bits per heavy atom. The Morgan fingerprint density at radius 2 is 2.39 bits per heavy atom. The van der Waals surface area contributed by atoms with Gasteiger partial charge in [0, 0.05) is 37.5 Å². The summed E-state index contributed by atoms with van der Waals surface area (Å²) in [6, 6.07) is 0.496. The maximum atomic E-state index is 5.62. The lowest BCUT2D eigenvalue weighted by molar-refractivity contribution is 0.104. The molecule has 0 bridgehead atoms. The summed E-state index contributed by atoms with van der Waals surface area (Å²) in [7, 11) is 2.05. The van der Waals surface area contributed by atoms with Crippen molar-refractivity contribution in [3.8, 4) is 0 Å². The summed E-state index contributed by atoms with van der Waals surface area (Å²) >= 11 is 0. The van der Waals surface area contributed by atoms with Crippen molar-refractivity contribution in [3.05, 3.63) is 17.5 Å². The molecule has 1 aromatic heterocycles. The molecule has 2 aliphatic rings. The van der Waals surface area contributed by atoms with Crippen molar-refractivity contribution < 1.29 is 4.74 Å². The Morgan fingerprint density at radius 3 is 3.17 bits per heavy atom. The van der Waals surface area contributed by atoms with Crippen molar-refractivity contribution in [2.45, 2.75) is 44.8 Å². The molecule has 1 aromatic rings. The fraction of sp³-hybridized carbons (Fsp3) is 0.786. The van der Waals surface area contributed by atoms with Gasteiger partial charge in [0.15, 0.2) is 0 Å². The number of ether oxygens (including phenoxy) is 1. The Labute approximate surface area is 109 Å². The van der Waals surface area contributed by atoms with Gasteiger partial charge in [-0.15, -0.1) is 0 Å². The van der Waals surface area contributed by atoms with Crippen LogP contribution in [0.15, 0.2) is 6.20 Å². The molecule has 3 atom stereocenters. The zero-order valence-corrected chi connectivity index (χ0v) is 11.4. The molecule has 0 spiro atoms. The number of nitrogens with one attached hydrogen (secondary N) is 1. The van der Waals surface area contributed by atoms with Gasteiger partial charge >= 0.3 is 0 Å². The second-order valence-electron chi connectivity index (χ2n) is 5.65. The standard InChI is InChI=1S/C14H23N3O/c1-10-11(6-7-18-10)8-15-13-4-3-5-14-12(13)9-16-17(14)2/h9-11,13,15H,3-8H2,1-2H3. The first-order valence-corrected chi connectivity index (χ1v) is 7.11. The zero-order chi connectivity index (χ0) is 12.5. The minimum Gasteiger partial charge on any atom is -0.378 e. The lowest BCUT2D eigenvalue weighted by Crippen LogP contribution is -2.32. The van der Waals surface area contributed by atoms with E-state index < -0.39 is 0 Å². The second kappa shape index (κ2) is 5.02. The van der Waals surface area contributed by atoms with Crippen molar-refractivity contribution in [1.29, 1.82) is 0 Å². The highest BCUT2D eigenvalue weighted by molar-refractivity contribution is 5.24. The summed E-state index contributed by atoms with van der Waals surface area (Å²) < 4.78 is 7.65. The second-order valence-corrected chi connectivity index (χ2v) is 5.65. The molecule has 0 aromatic carbocycles. The molecule has 4 heteroatoms. The van der Waals surface area contributed by atoms with Crippen molar-refractivity contribution >= 4 is 0 Å². The fourth-order valence-corrected chi connectivity index (χ4v) is 3.26. The van der Waals surface area contributed by atoms with E-state index in [1.165, 1.54) is 36.9 Å². The molecule has 18 heavy (non-hydrogen) atoms. The number of fused-ring (bicyclic) bond motifs is 1. The van der Waals surface area contributed by atoms with Crippen LogP contribution in [-0.2, 0) is 18.2 Å².